The topological polar surface area (TPSA) is 29.5 Å². The number of carbonyl (C=O) groups excluding carboxylic acids is 1. The molecule has 1 saturated heterocycles. The number of hydrogen-bond donors (Lipinski definition) is 0. The Morgan fingerprint density at radius 2 is 2.00 bits per heavy atom. The second-order valence-corrected chi connectivity index (χ2v) is 5.75. The Labute approximate surface area is 125 Å². The maximum Gasteiger partial charge on any atom is 0.223 e. The quantitative estimate of drug-likeness (QED) is 0.844. The van der Waals surface area contributed by atoms with Gasteiger partial charge in [-0.2, -0.15) is 0 Å². The molecule has 1 amide bonds. The molecular formula is C18H21NO2. The number of benzene rings is 2. The van der Waals surface area contributed by atoms with E-state index in [1.165, 1.54) is 16.3 Å². The molecule has 0 aromatic heterocycles. The van der Waals surface area contributed by atoms with Gasteiger partial charge in [0.25, 0.3) is 0 Å². The third-order valence-electron chi connectivity index (χ3n) is 4.25. The summed E-state index contributed by atoms with van der Waals surface area (Å²) in [6.45, 7) is 2.18. The number of hydrogen-bond acceptors (Lipinski definition) is 2. The fourth-order valence-electron chi connectivity index (χ4n) is 3.19. The fourth-order valence-corrected chi connectivity index (χ4v) is 3.19. The monoisotopic (exact) mass is 283 g/mol. The number of amides is 1. The average molecular weight is 283 g/mol. The molecule has 1 aliphatic rings. The number of ether oxygens (including phenoxy) is 1. The molecule has 110 valence electrons. The highest BCUT2D eigenvalue weighted by Crippen LogP contribution is 2.26. The largest absolute Gasteiger partial charge is 0.383 e. The lowest BCUT2D eigenvalue weighted by molar-refractivity contribution is -0.128. The first-order valence-corrected chi connectivity index (χ1v) is 7.51. The van der Waals surface area contributed by atoms with Crippen molar-refractivity contribution >= 4 is 16.7 Å². The Hall–Kier alpha value is -1.87. The van der Waals surface area contributed by atoms with Crippen LogP contribution in [0.1, 0.15) is 12.0 Å². The van der Waals surface area contributed by atoms with E-state index in [0.29, 0.717) is 25.5 Å². The van der Waals surface area contributed by atoms with E-state index in [-0.39, 0.29) is 5.91 Å². The molecule has 3 heteroatoms. The van der Waals surface area contributed by atoms with E-state index in [1.807, 2.05) is 4.90 Å². The predicted molar refractivity (Wildman–Crippen MR) is 84.2 cm³/mol. The first-order chi connectivity index (χ1) is 10.3. The number of carbonyl (C=O) groups is 1. The van der Waals surface area contributed by atoms with Gasteiger partial charge in [0.15, 0.2) is 0 Å². The van der Waals surface area contributed by atoms with Crippen molar-refractivity contribution in [1.29, 1.82) is 0 Å². The van der Waals surface area contributed by atoms with Gasteiger partial charge in [-0.25, -0.2) is 0 Å². The highest BCUT2D eigenvalue weighted by Gasteiger charge is 2.29. The molecule has 1 unspecified atom stereocenters. The summed E-state index contributed by atoms with van der Waals surface area (Å²) in [5.74, 6) is 0.678. The zero-order valence-electron chi connectivity index (χ0n) is 12.4. The van der Waals surface area contributed by atoms with Crippen LogP contribution in [0.25, 0.3) is 10.8 Å². The summed E-state index contributed by atoms with van der Waals surface area (Å²) < 4.78 is 5.07. The predicted octanol–water partition coefficient (Wildman–Crippen LogP) is 2.88. The van der Waals surface area contributed by atoms with Gasteiger partial charge in [0, 0.05) is 26.6 Å². The van der Waals surface area contributed by atoms with E-state index in [9.17, 15) is 4.79 Å². The van der Waals surface area contributed by atoms with Crippen molar-refractivity contribution in [3.63, 3.8) is 0 Å². The van der Waals surface area contributed by atoms with Crippen molar-refractivity contribution in [1.82, 2.24) is 4.90 Å². The number of likely N-dealkylation sites (tertiary alicyclic amines) is 1. The maximum atomic E-state index is 12.0. The van der Waals surface area contributed by atoms with Crippen molar-refractivity contribution in [2.24, 2.45) is 5.92 Å². The van der Waals surface area contributed by atoms with Crippen LogP contribution in [-0.2, 0) is 16.0 Å². The molecule has 0 N–H and O–H groups in total. The highest BCUT2D eigenvalue weighted by atomic mass is 16.5. The van der Waals surface area contributed by atoms with Crippen LogP contribution in [0.5, 0.6) is 0 Å². The van der Waals surface area contributed by atoms with E-state index in [1.54, 1.807) is 7.11 Å². The van der Waals surface area contributed by atoms with Crippen molar-refractivity contribution in [3.05, 3.63) is 48.0 Å². The molecule has 1 fully saturated rings. The van der Waals surface area contributed by atoms with Gasteiger partial charge in [-0.05, 0) is 28.7 Å². The van der Waals surface area contributed by atoms with E-state index in [2.05, 4.69) is 42.5 Å². The van der Waals surface area contributed by atoms with Crippen LogP contribution in [0.15, 0.2) is 42.5 Å². The zero-order chi connectivity index (χ0) is 14.7. The lowest BCUT2D eigenvalue weighted by Crippen LogP contribution is -2.28. The van der Waals surface area contributed by atoms with Gasteiger partial charge >= 0.3 is 0 Å². The van der Waals surface area contributed by atoms with Crippen LogP contribution in [0.4, 0.5) is 0 Å². The van der Waals surface area contributed by atoms with Crippen molar-refractivity contribution < 1.29 is 9.53 Å². The summed E-state index contributed by atoms with van der Waals surface area (Å²) in [6, 6.07) is 14.9. The first kappa shape index (κ1) is 14.1. The summed E-state index contributed by atoms with van der Waals surface area (Å²) in [5, 5.41) is 2.58. The molecule has 0 bridgehead atoms. The number of rotatable bonds is 5. The third-order valence-corrected chi connectivity index (χ3v) is 4.25. The summed E-state index contributed by atoms with van der Waals surface area (Å²) in [6.07, 6.45) is 1.63. The van der Waals surface area contributed by atoms with Crippen LogP contribution < -0.4 is 0 Å². The number of methoxy groups -OCH3 is 1. The van der Waals surface area contributed by atoms with E-state index >= 15 is 0 Å². The molecular weight excluding hydrogens is 262 g/mol. The highest BCUT2D eigenvalue weighted by molar-refractivity contribution is 5.86. The molecule has 1 atom stereocenters. The molecule has 0 aliphatic carbocycles. The normalized spacial score (nSPS) is 18.6. The van der Waals surface area contributed by atoms with Crippen molar-refractivity contribution in [2.75, 3.05) is 26.8 Å². The summed E-state index contributed by atoms with van der Waals surface area (Å²) >= 11 is 0. The molecule has 0 spiro atoms. The lowest BCUT2D eigenvalue weighted by atomic mass is 9.94. The van der Waals surface area contributed by atoms with Crippen LogP contribution in [0.3, 0.4) is 0 Å². The average Bonchev–Trinajstić information content (AvgIpc) is 2.85. The minimum absolute atomic E-state index is 0.261. The standard InChI is InChI=1S/C18H21NO2/c1-21-10-9-19-13-14(12-18(19)20)11-16-7-4-6-15-5-2-3-8-17(15)16/h2-8,14H,9-13H2,1H3. The molecule has 3 rings (SSSR count). The van der Waals surface area contributed by atoms with E-state index in [0.717, 1.165) is 13.0 Å². The van der Waals surface area contributed by atoms with Gasteiger partial charge in [0.1, 0.15) is 0 Å². The Bertz CT molecular complexity index is 633. The van der Waals surface area contributed by atoms with Crippen molar-refractivity contribution in [2.45, 2.75) is 12.8 Å². The smallest absolute Gasteiger partial charge is 0.223 e. The van der Waals surface area contributed by atoms with Gasteiger partial charge in [0.05, 0.1) is 6.61 Å². The van der Waals surface area contributed by atoms with E-state index < -0.39 is 0 Å². The second-order valence-electron chi connectivity index (χ2n) is 5.75. The van der Waals surface area contributed by atoms with Gasteiger partial charge in [0.2, 0.25) is 5.91 Å². The minimum Gasteiger partial charge on any atom is -0.383 e. The third kappa shape index (κ3) is 3.08. The Kier molecular flexibility index (Phi) is 4.20. The van der Waals surface area contributed by atoms with Crippen LogP contribution in [0, 0.1) is 5.92 Å². The molecule has 1 heterocycles. The lowest BCUT2D eigenvalue weighted by Gasteiger charge is -2.16. The van der Waals surface area contributed by atoms with Crippen LogP contribution in [0.2, 0.25) is 0 Å². The zero-order valence-corrected chi connectivity index (χ0v) is 12.4. The summed E-state index contributed by atoms with van der Waals surface area (Å²) in [7, 11) is 1.67. The molecule has 3 nitrogen and oxygen atoms in total. The summed E-state index contributed by atoms with van der Waals surface area (Å²) in [5.41, 5.74) is 1.35. The van der Waals surface area contributed by atoms with Crippen LogP contribution in [-0.4, -0.2) is 37.6 Å². The summed E-state index contributed by atoms with van der Waals surface area (Å²) in [4.78, 5) is 13.9. The molecule has 2 aromatic carbocycles. The van der Waals surface area contributed by atoms with Crippen LogP contribution >= 0.6 is 0 Å². The molecule has 0 radical (unpaired) electrons. The Morgan fingerprint density at radius 1 is 1.19 bits per heavy atom. The molecule has 0 saturated carbocycles. The van der Waals surface area contributed by atoms with Gasteiger partial charge in [-0.3, -0.25) is 4.79 Å². The molecule has 2 aromatic rings. The van der Waals surface area contributed by atoms with Gasteiger partial charge in [-0.1, -0.05) is 42.5 Å². The SMILES string of the molecule is COCCN1CC(Cc2cccc3ccccc23)CC1=O. The molecule has 21 heavy (non-hydrogen) atoms. The van der Waals surface area contributed by atoms with E-state index in [4.69, 9.17) is 4.74 Å². The van der Waals surface area contributed by atoms with Gasteiger partial charge < -0.3 is 9.64 Å². The van der Waals surface area contributed by atoms with Gasteiger partial charge in [-0.15, -0.1) is 0 Å². The molecule has 1 aliphatic heterocycles. The maximum absolute atomic E-state index is 12.0. The van der Waals surface area contributed by atoms with Crippen molar-refractivity contribution in [3.8, 4) is 0 Å². The Balaban J connectivity index is 1.73. The number of fused-ring (bicyclic) bond motifs is 1. The fraction of sp³-hybridized carbons (Fsp3) is 0.389. The minimum atomic E-state index is 0.261. The first-order valence-electron chi connectivity index (χ1n) is 7.51. The second kappa shape index (κ2) is 6.27. The number of nitrogens with zero attached hydrogens (tertiary/aromatic N) is 1. The Morgan fingerprint density at radius 3 is 2.86 bits per heavy atom.